The molecule has 17 heavy (non-hydrogen) atoms. The molecule has 5 nitrogen and oxygen atoms in total. The van der Waals surface area contributed by atoms with Crippen LogP contribution < -0.4 is 4.74 Å². The molecule has 0 spiro atoms. The van der Waals surface area contributed by atoms with Crippen molar-refractivity contribution in [2.45, 2.75) is 5.09 Å². The first-order valence-electron chi connectivity index (χ1n) is 4.56. The number of benzene rings is 1. The summed E-state index contributed by atoms with van der Waals surface area (Å²) in [6, 6.07) is 7.74. The van der Waals surface area contributed by atoms with Gasteiger partial charge in [0.1, 0.15) is 11.4 Å². The summed E-state index contributed by atoms with van der Waals surface area (Å²) < 4.78 is 43.2. The van der Waals surface area contributed by atoms with E-state index in [1.807, 2.05) is 0 Å². The van der Waals surface area contributed by atoms with Gasteiger partial charge in [-0.05, 0) is 12.1 Å². The van der Waals surface area contributed by atoms with Crippen molar-refractivity contribution in [3.63, 3.8) is 0 Å². The van der Waals surface area contributed by atoms with E-state index in [1.165, 1.54) is 7.11 Å². The Morgan fingerprint density at radius 2 is 2.12 bits per heavy atom. The Morgan fingerprint density at radius 3 is 2.71 bits per heavy atom. The lowest BCUT2D eigenvalue weighted by Gasteiger charge is -2.00. The van der Waals surface area contributed by atoms with Crippen LogP contribution >= 0.6 is 0 Å². The largest absolute Gasteiger partial charge is 0.497 e. The molecule has 2 aromatic rings. The molecule has 1 aromatic heterocycles. The average Bonchev–Trinajstić information content (AvgIpc) is 2.78. The Morgan fingerprint density at radius 1 is 1.35 bits per heavy atom. The molecule has 1 heterocycles. The van der Waals surface area contributed by atoms with Crippen LogP contribution in [-0.4, -0.2) is 20.7 Å². The van der Waals surface area contributed by atoms with E-state index in [-0.39, 0.29) is 5.69 Å². The molecule has 90 valence electrons. The number of rotatable bonds is 3. The summed E-state index contributed by atoms with van der Waals surface area (Å²) in [4.78, 5) is 0. The smallest absolute Gasteiger partial charge is 0.368 e. The Labute approximate surface area is 97.0 Å². The molecule has 0 atom stereocenters. The fourth-order valence-corrected chi connectivity index (χ4v) is 1.67. The molecular weight excluding hydrogens is 249 g/mol. The molecule has 0 saturated heterocycles. The van der Waals surface area contributed by atoms with Crippen molar-refractivity contribution >= 4 is 10.2 Å². The van der Waals surface area contributed by atoms with Crippen molar-refractivity contribution in [2.24, 2.45) is 0 Å². The van der Waals surface area contributed by atoms with E-state index < -0.39 is 15.3 Å². The maximum absolute atomic E-state index is 12.6. The third-order valence-corrected chi connectivity index (χ3v) is 2.77. The monoisotopic (exact) mass is 257 g/mol. The number of aromatic nitrogens is 1. The van der Waals surface area contributed by atoms with Crippen molar-refractivity contribution in [2.75, 3.05) is 7.11 Å². The van der Waals surface area contributed by atoms with Gasteiger partial charge in [0, 0.05) is 11.6 Å². The van der Waals surface area contributed by atoms with Gasteiger partial charge in [-0.3, -0.25) is 0 Å². The highest BCUT2D eigenvalue weighted by Gasteiger charge is 2.19. The highest BCUT2D eigenvalue weighted by molar-refractivity contribution is 7.86. The van der Waals surface area contributed by atoms with Crippen molar-refractivity contribution < 1.29 is 21.6 Å². The van der Waals surface area contributed by atoms with E-state index in [0.717, 1.165) is 6.07 Å². The number of hydrogen-bond acceptors (Lipinski definition) is 5. The Kier molecular flexibility index (Phi) is 2.84. The molecule has 0 N–H and O–H groups in total. The van der Waals surface area contributed by atoms with Crippen LogP contribution in [0, 0.1) is 0 Å². The van der Waals surface area contributed by atoms with E-state index in [0.29, 0.717) is 11.3 Å². The second-order valence-electron chi connectivity index (χ2n) is 3.20. The quantitative estimate of drug-likeness (QED) is 0.786. The van der Waals surface area contributed by atoms with E-state index in [9.17, 15) is 12.3 Å². The molecule has 2 rings (SSSR count). The molecule has 0 amide bonds. The highest BCUT2D eigenvalue weighted by atomic mass is 32.3. The SMILES string of the molecule is COc1cccc(-c2cc(S(=O)(=O)F)on2)c1. The van der Waals surface area contributed by atoms with Gasteiger partial charge in [-0.25, -0.2) is 0 Å². The van der Waals surface area contributed by atoms with Gasteiger partial charge in [0.05, 0.1) is 7.11 Å². The third-order valence-electron chi connectivity index (χ3n) is 2.09. The zero-order valence-corrected chi connectivity index (χ0v) is 9.57. The Hall–Kier alpha value is -1.89. The van der Waals surface area contributed by atoms with Crippen molar-refractivity contribution in [1.29, 1.82) is 0 Å². The van der Waals surface area contributed by atoms with Gasteiger partial charge < -0.3 is 9.26 Å². The van der Waals surface area contributed by atoms with Crippen molar-refractivity contribution in [3.05, 3.63) is 30.3 Å². The zero-order chi connectivity index (χ0) is 12.5. The summed E-state index contributed by atoms with van der Waals surface area (Å²) in [5.41, 5.74) is 0.795. The summed E-state index contributed by atoms with van der Waals surface area (Å²) in [5.74, 6) is 0.579. The summed E-state index contributed by atoms with van der Waals surface area (Å²) in [7, 11) is -3.37. The number of nitrogens with zero attached hydrogens (tertiary/aromatic N) is 1. The van der Waals surface area contributed by atoms with Crippen LogP contribution in [0.15, 0.2) is 39.9 Å². The molecule has 1 aromatic carbocycles. The number of methoxy groups -OCH3 is 1. The summed E-state index contributed by atoms with van der Waals surface area (Å²) in [5, 5.41) is 2.67. The first-order chi connectivity index (χ1) is 8.00. The molecule has 0 aliphatic carbocycles. The molecule has 7 heteroatoms. The predicted octanol–water partition coefficient (Wildman–Crippen LogP) is 2.01. The summed E-state index contributed by atoms with van der Waals surface area (Å²) >= 11 is 0. The van der Waals surface area contributed by atoms with E-state index in [1.54, 1.807) is 24.3 Å². The van der Waals surface area contributed by atoms with Gasteiger partial charge in [0.2, 0.25) is 0 Å². The van der Waals surface area contributed by atoms with Crippen LogP contribution in [0.25, 0.3) is 11.3 Å². The van der Waals surface area contributed by atoms with Gasteiger partial charge in [-0.2, -0.15) is 8.42 Å². The maximum Gasteiger partial charge on any atom is 0.368 e. The Bertz CT molecular complexity index is 635. The minimum Gasteiger partial charge on any atom is -0.497 e. The topological polar surface area (TPSA) is 69.4 Å². The van der Waals surface area contributed by atoms with Crippen molar-refractivity contribution in [1.82, 2.24) is 5.16 Å². The van der Waals surface area contributed by atoms with Crippen LogP contribution in [0.3, 0.4) is 0 Å². The first kappa shape index (κ1) is 11.6. The van der Waals surface area contributed by atoms with Crippen LogP contribution in [0.4, 0.5) is 3.89 Å². The number of ether oxygens (including phenoxy) is 1. The molecule has 0 fully saturated rings. The molecular formula is C10H8FNO4S. The molecule has 0 aliphatic rings. The minimum atomic E-state index is -4.87. The number of halogens is 1. The van der Waals surface area contributed by atoms with Crippen molar-refractivity contribution in [3.8, 4) is 17.0 Å². The molecule has 0 bridgehead atoms. The fourth-order valence-electron chi connectivity index (χ4n) is 1.29. The number of hydrogen-bond donors (Lipinski definition) is 0. The van der Waals surface area contributed by atoms with Crippen LogP contribution in [0.1, 0.15) is 0 Å². The standard InChI is InChI=1S/C10H8FNO4S/c1-15-8-4-2-3-7(5-8)9-6-10(16-12-9)17(11,13)14/h2-6H,1H3. The van der Waals surface area contributed by atoms with Gasteiger partial charge in [0.15, 0.2) is 0 Å². The minimum absolute atomic E-state index is 0.222. The van der Waals surface area contributed by atoms with Gasteiger partial charge >= 0.3 is 10.2 Å². The third kappa shape index (κ3) is 2.44. The van der Waals surface area contributed by atoms with Crippen LogP contribution in [0.5, 0.6) is 5.75 Å². The molecule has 0 unspecified atom stereocenters. The molecule has 0 radical (unpaired) electrons. The summed E-state index contributed by atoms with van der Waals surface area (Å²) in [6.07, 6.45) is 0. The lowest BCUT2D eigenvalue weighted by Crippen LogP contribution is -1.87. The van der Waals surface area contributed by atoms with Gasteiger partial charge in [-0.15, -0.1) is 0 Å². The van der Waals surface area contributed by atoms with Crippen LogP contribution in [0.2, 0.25) is 0 Å². The fraction of sp³-hybridized carbons (Fsp3) is 0.100. The normalized spacial score (nSPS) is 11.4. The maximum atomic E-state index is 12.6. The van der Waals surface area contributed by atoms with Crippen LogP contribution in [-0.2, 0) is 10.2 Å². The van der Waals surface area contributed by atoms with E-state index in [4.69, 9.17) is 4.74 Å². The van der Waals surface area contributed by atoms with Gasteiger partial charge in [0.25, 0.3) is 5.09 Å². The van der Waals surface area contributed by atoms with E-state index >= 15 is 0 Å². The lowest BCUT2D eigenvalue weighted by molar-refractivity contribution is 0.334. The van der Waals surface area contributed by atoms with E-state index in [2.05, 4.69) is 9.68 Å². The molecule has 0 aliphatic heterocycles. The first-order valence-corrected chi connectivity index (χ1v) is 5.95. The molecule has 0 saturated carbocycles. The highest BCUT2D eigenvalue weighted by Crippen LogP contribution is 2.25. The predicted molar refractivity (Wildman–Crippen MR) is 56.8 cm³/mol. The average molecular weight is 257 g/mol. The lowest BCUT2D eigenvalue weighted by atomic mass is 10.1. The zero-order valence-electron chi connectivity index (χ0n) is 8.75. The second-order valence-corrected chi connectivity index (χ2v) is 4.48. The van der Waals surface area contributed by atoms with Gasteiger partial charge in [-0.1, -0.05) is 21.2 Å². The second kappa shape index (κ2) is 4.17. The Balaban J connectivity index is 2.43. The summed E-state index contributed by atoms with van der Waals surface area (Å²) in [6.45, 7) is 0.